The van der Waals surface area contributed by atoms with Crippen LogP contribution in [-0.2, 0) is 11.3 Å². The maximum absolute atomic E-state index is 11.5. The van der Waals surface area contributed by atoms with E-state index in [0.717, 1.165) is 0 Å². The SMILES string of the molecule is COc1cc(CNC(=O)OC(C)(C)C)cc(C(=O)Cl)c1. The van der Waals surface area contributed by atoms with Crippen LogP contribution >= 0.6 is 11.6 Å². The van der Waals surface area contributed by atoms with Crippen molar-refractivity contribution in [2.45, 2.75) is 32.9 Å². The van der Waals surface area contributed by atoms with E-state index in [-0.39, 0.29) is 6.54 Å². The standard InChI is InChI=1S/C14H18ClNO4/c1-14(2,3)20-13(18)16-8-9-5-10(12(15)17)7-11(6-9)19-4/h5-7H,8H2,1-4H3,(H,16,18). The molecule has 0 bridgehead atoms. The summed E-state index contributed by atoms with van der Waals surface area (Å²) >= 11 is 5.45. The minimum atomic E-state index is -0.581. The molecule has 6 heteroatoms. The number of methoxy groups -OCH3 is 1. The fourth-order valence-electron chi connectivity index (χ4n) is 1.48. The van der Waals surface area contributed by atoms with Crippen LogP contribution in [0.1, 0.15) is 36.7 Å². The van der Waals surface area contributed by atoms with Crippen molar-refractivity contribution in [3.05, 3.63) is 29.3 Å². The number of amides is 1. The van der Waals surface area contributed by atoms with Gasteiger partial charge in [-0.3, -0.25) is 4.79 Å². The third-order valence-electron chi connectivity index (χ3n) is 2.26. The first kappa shape index (κ1) is 16.3. The molecule has 0 aliphatic carbocycles. The van der Waals surface area contributed by atoms with Crippen LogP contribution in [0, 0.1) is 0 Å². The van der Waals surface area contributed by atoms with Gasteiger partial charge in [-0.2, -0.15) is 0 Å². The maximum Gasteiger partial charge on any atom is 0.407 e. The Morgan fingerprint density at radius 1 is 1.25 bits per heavy atom. The van der Waals surface area contributed by atoms with Crippen molar-refractivity contribution in [3.63, 3.8) is 0 Å². The molecule has 0 atom stereocenters. The average Bonchev–Trinajstić information content (AvgIpc) is 2.33. The summed E-state index contributed by atoms with van der Waals surface area (Å²) in [6.07, 6.45) is -0.529. The van der Waals surface area contributed by atoms with Gasteiger partial charge in [-0.05, 0) is 56.1 Å². The van der Waals surface area contributed by atoms with Crippen molar-refractivity contribution in [1.82, 2.24) is 5.32 Å². The van der Waals surface area contributed by atoms with Gasteiger partial charge in [0.05, 0.1) is 7.11 Å². The average molecular weight is 300 g/mol. The first-order valence-electron chi connectivity index (χ1n) is 6.06. The number of alkyl carbamates (subject to hydrolysis) is 1. The monoisotopic (exact) mass is 299 g/mol. The van der Waals surface area contributed by atoms with Crippen LogP contribution in [0.15, 0.2) is 18.2 Å². The summed E-state index contributed by atoms with van der Waals surface area (Å²) in [5.74, 6) is 0.498. The Morgan fingerprint density at radius 3 is 2.40 bits per heavy atom. The van der Waals surface area contributed by atoms with Crippen LogP contribution in [0.25, 0.3) is 0 Å². The Kier molecular flexibility index (Phi) is 5.39. The molecule has 0 spiro atoms. The van der Waals surface area contributed by atoms with Gasteiger partial charge in [-0.1, -0.05) is 0 Å². The molecule has 20 heavy (non-hydrogen) atoms. The first-order valence-corrected chi connectivity index (χ1v) is 6.43. The summed E-state index contributed by atoms with van der Waals surface area (Å²) in [7, 11) is 1.49. The zero-order chi connectivity index (χ0) is 15.3. The van der Waals surface area contributed by atoms with Crippen molar-refractivity contribution in [1.29, 1.82) is 0 Å². The highest BCUT2D eigenvalue weighted by Crippen LogP contribution is 2.18. The van der Waals surface area contributed by atoms with Crippen LogP contribution in [0.2, 0.25) is 0 Å². The van der Waals surface area contributed by atoms with Crippen molar-refractivity contribution >= 4 is 22.9 Å². The molecule has 5 nitrogen and oxygen atoms in total. The second-order valence-electron chi connectivity index (χ2n) is 5.20. The van der Waals surface area contributed by atoms with Gasteiger partial charge in [0, 0.05) is 12.1 Å². The summed E-state index contributed by atoms with van der Waals surface area (Å²) in [6.45, 7) is 5.55. The Morgan fingerprint density at radius 2 is 1.90 bits per heavy atom. The van der Waals surface area contributed by atoms with E-state index in [9.17, 15) is 9.59 Å². The van der Waals surface area contributed by atoms with E-state index in [2.05, 4.69) is 5.32 Å². The van der Waals surface area contributed by atoms with Crippen molar-refractivity contribution in [2.24, 2.45) is 0 Å². The maximum atomic E-state index is 11.5. The number of carbonyl (C=O) groups is 2. The third-order valence-corrected chi connectivity index (χ3v) is 2.48. The normalized spacial score (nSPS) is 10.8. The van der Waals surface area contributed by atoms with Crippen LogP contribution in [0.5, 0.6) is 5.75 Å². The van der Waals surface area contributed by atoms with Gasteiger partial charge in [0.25, 0.3) is 5.24 Å². The number of ether oxygens (including phenoxy) is 2. The summed E-state index contributed by atoms with van der Waals surface area (Å²) in [4.78, 5) is 22.7. The molecule has 0 aliphatic rings. The van der Waals surface area contributed by atoms with Gasteiger partial charge in [0.2, 0.25) is 0 Å². The molecular weight excluding hydrogens is 282 g/mol. The second-order valence-corrected chi connectivity index (χ2v) is 5.54. The highest BCUT2D eigenvalue weighted by Gasteiger charge is 2.16. The van der Waals surface area contributed by atoms with Crippen LogP contribution < -0.4 is 10.1 Å². The molecular formula is C14H18ClNO4. The number of hydrogen-bond acceptors (Lipinski definition) is 4. The third kappa shape index (κ3) is 5.48. The van der Waals surface area contributed by atoms with Crippen molar-refractivity contribution in [2.75, 3.05) is 7.11 Å². The predicted octanol–water partition coefficient (Wildman–Crippen LogP) is 3.10. The van der Waals surface area contributed by atoms with Gasteiger partial charge in [0.15, 0.2) is 0 Å². The lowest BCUT2D eigenvalue weighted by molar-refractivity contribution is 0.0523. The van der Waals surface area contributed by atoms with Gasteiger partial charge < -0.3 is 14.8 Å². The predicted molar refractivity (Wildman–Crippen MR) is 76.3 cm³/mol. The molecule has 0 heterocycles. The van der Waals surface area contributed by atoms with Gasteiger partial charge in [0.1, 0.15) is 11.4 Å². The summed E-state index contributed by atoms with van der Waals surface area (Å²) < 4.78 is 10.2. The quantitative estimate of drug-likeness (QED) is 0.868. The smallest absolute Gasteiger partial charge is 0.407 e. The number of halogens is 1. The van der Waals surface area contributed by atoms with Crippen LogP contribution in [0.3, 0.4) is 0 Å². The van der Waals surface area contributed by atoms with Crippen molar-refractivity contribution in [3.8, 4) is 5.75 Å². The Labute approximate surface area is 123 Å². The summed E-state index contributed by atoms with van der Waals surface area (Å²) in [6, 6.07) is 4.84. The number of carbonyl (C=O) groups excluding carboxylic acids is 2. The molecule has 0 aromatic heterocycles. The second kappa shape index (κ2) is 6.61. The van der Waals surface area contributed by atoms with Crippen molar-refractivity contribution < 1.29 is 19.1 Å². The van der Waals surface area contributed by atoms with E-state index >= 15 is 0 Å². The topological polar surface area (TPSA) is 64.6 Å². The summed E-state index contributed by atoms with van der Waals surface area (Å²) in [5, 5.41) is 2.02. The molecule has 0 fully saturated rings. The highest BCUT2D eigenvalue weighted by atomic mass is 35.5. The first-order chi connectivity index (χ1) is 9.21. The molecule has 1 N–H and O–H groups in total. The molecule has 0 saturated heterocycles. The largest absolute Gasteiger partial charge is 0.497 e. The fourth-order valence-corrected chi connectivity index (χ4v) is 1.59. The van der Waals surface area contributed by atoms with E-state index < -0.39 is 16.9 Å². The molecule has 1 aromatic rings. The van der Waals surface area contributed by atoms with Gasteiger partial charge in [-0.15, -0.1) is 0 Å². The summed E-state index contributed by atoms with van der Waals surface area (Å²) in [5.41, 5.74) is 0.446. The molecule has 0 saturated carbocycles. The van der Waals surface area contributed by atoms with Crippen LogP contribution in [-0.4, -0.2) is 24.0 Å². The Balaban J connectivity index is 2.75. The van der Waals surface area contributed by atoms with E-state index in [1.807, 2.05) is 0 Å². The molecule has 0 aliphatic heterocycles. The lowest BCUT2D eigenvalue weighted by atomic mass is 10.1. The highest BCUT2D eigenvalue weighted by molar-refractivity contribution is 6.67. The zero-order valence-corrected chi connectivity index (χ0v) is 12.7. The number of hydrogen-bond donors (Lipinski definition) is 1. The molecule has 110 valence electrons. The van der Waals surface area contributed by atoms with Gasteiger partial charge in [-0.25, -0.2) is 4.79 Å². The van der Waals surface area contributed by atoms with E-state index in [4.69, 9.17) is 21.1 Å². The fraction of sp³-hybridized carbons (Fsp3) is 0.429. The Hall–Kier alpha value is -1.75. The van der Waals surface area contributed by atoms with E-state index in [1.165, 1.54) is 13.2 Å². The number of rotatable bonds is 4. The van der Waals surface area contributed by atoms with Gasteiger partial charge >= 0.3 is 6.09 Å². The zero-order valence-electron chi connectivity index (χ0n) is 12.0. The van der Waals surface area contributed by atoms with Crippen LogP contribution in [0.4, 0.5) is 4.79 Å². The number of nitrogens with one attached hydrogen (secondary N) is 1. The number of benzene rings is 1. The molecule has 1 aromatic carbocycles. The van der Waals surface area contributed by atoms with E-state index in [0.29, 0.717) is 16.9 Å². The minimum absolute atomic E-state index is 0.212. The minimum Gasteiger partial charge on any atom is -0.497 e. The lowest BCUT2D eigenvalue weighted by Crippen LogP contribution is -2.32. The van der Waals surface area contributed by atoms with E-state index in [1.54, 1.807) is 32.9 Å². The lowest BCUT2D eigenvalue weighted by Gasteiger charge is -2.19. The molecule has 1 amide bonds. The Bertz CT molecular complexity index is 508. The molecule has 0 unspecified atom stereocenters. The molecule has 1 rings (SSSR count). The molecule has 0 radical (unpaired) electrons.